The van der Waals surface area contributed by atoms with Crippen molar-refractivity contribution in [1.82, 2.24) is 15.0 Å². The van der Waals surface area contributed by atoms with E-state index in [1.54, 1.807) is 6.07 Å². The maximum absolute atomic E-state index is 10.8. The normalized spacial score (nSPS) is 11.2. The Hall–Kier alpha value is -1.91. The Bertz CT molecular complexity index is 546. The standard InChI is InChI=1S/C12H15N3O2/c1-7(2)3-4-10-14-9-5-8(12(16)17)6-13-11(9)15-10/h5-7H,3-4H2,1-2H3,(H,16,17)(H,13,14,15). The Kier molecular flexibility index (Phi) is 3.08. The van der Waals surface area contributed by atoms with Gasteiger partial charge >= 0.3 is 5.97 Å². The molecule has 2 aromatic heterocycles. The highest BCUT2D eigenvalue weighted by molar-refractivity contribution is 5.90. The molecule has 2 rings (SSSR count). The SMILES string of the molecule is CC(C)CCc1nc2ncc(C(=O)O)cc2[nH]1. The van der Waals surface area contributed by atoms with Gasteiger partial charge in [-0.05, 0) is 18.4 Å². The molecule has 2 aromatic rings. The Labute approximate surface area is 98.9 Å². The number of nitrogens with one attached hydrogen (secondary N) is 1. The van der Waals surface area contributed by atoms with Crippen LogP contribution in [0.5, 0.6) is 0 Å². The van der Waals surface area contributed by atoms with Crippen LogP contribution in [0.3, 0.4) is 0 Å². The molecular formula is C12H15N3O2. The number of H-pyrrole nitrogens is 1. The van der Waals surface area contributed by atoms with Crippen LogP contribution in [0.1, 0.15) is 36.5 Å². The third-order valence-electron chi connectivity index (χ3n) is 2.59. The minimum absolute atomic E-state index is 0.177. The minimum Gasteiger partial charge on any atom is -0.478 e. The van der Waals surface area contributed by atoms with E-state index in [1.807, 2.05) is 0 Å². The van der Waals surface area contributed by atoms with Crippen LogP contribution in [-0.2, 0) is 6.42 Å². The third-order valence-corrected chi connectivity index (χ3v) is 2.59. The second-order valence-electron chi connectivity index (χ2n) is 4.52. The molecule has 17 heavy (non-hydrogen) atoms. The average Bonchev–Trinajstić information content (AvgIpc) is 2.67. The van der Waals surface area contributed by atoms with Crippen molar-refractivity contribution >= 4 is 17.1 Å². The van der Waals surface area contributed by atoms with Crippen LogP contribution in [0.2, 0.25) is 0 Å². The van der Waals surface area contributed by atoms with Gasteiger partial charge in [0.15, 0.2) is 5.65 Å². The summed E-state index contributed by atoms with van der Waals surface area (Å²) in [4.78, 5) is 22.3. The zero-order valence-electron chi connectivity index (χ0n) is 9.90. The molecule has 0 bridgehead atoms. The summed E-state index contributed by atoms with van der Waals surface area (Å²) >= 11 is 0. The van der Waals surface area contributed by atoms with Gasteiger partial charge in [-0.2, -0.15) is 0 Å². The highest BCUT2D eigenvalue weighted by Gasteiger charge is 2.09. The minimum atomic E-state index is -0.974. The van der Waals surface area contributed by atoms with Crippen molar-refractivity contribution in [2.75, 3.05) is 0 Å². The van der Waals surface area contributed by atoms with E-state index < -0.39 is 5.97 Å². The first-order valence-electron chi connectivity index (χ1n) is 5.64. The lowest BCUT2D eigenvalue weighted by atomic mass is 10.1. The van der Waals surface area contributed by atoms with Gasteiger partial charge in [0.05, 0.1) is 11.1 Å². The lowest BCUT2D eigenvalue weighted by molar-refractivity contribution is 0.0696. The highest BCUT2D eigenvalue weighted by Crippen LogP contribution is 2.13. The monoisotopic (exact) mass is 233 g/mol. The number of rotatable bonds is 4. The molecule has 5 heteroatoms. The lowest BCUT2D eigenvalue weighted by Crippen LogP contribution is -1.96. The quantitative estimate of drug-likeness (QED) is 0.848. The first kappa shape index (κ1) is 11.6. The maximum Gasteiger partial charge on any atom is 0.337 e. The summed E-state index contributed by atoms with van der Waals surface area (Å²) in [6.45, 7) is 4.31. The van der Waals surface area contributed by atoms with E-state index >= 15 is 0 Å². The number of pyridine rings is 1. The number of aromatic carboxylic acids is 1. The number of aromatic nitrogens is 3. The smallest absolute Gasteiger partial charge is 0.337 e. The summed E-state index contributed by atoms with van der Waals surface area (Å²) in [6.07, 6.45) is 3.24. The molecule has 90 valence electrons. The van der Waals surface area contributed by atoms with Gasteiger partial charge in [-0.3, -0.25) is 0 Å². The van der Waals surface area contributed by atoms with Crippen LogP contribution in [-0.4, -0.2) is 26.0 Å². The molecular weight excluding hydrogens is 218 g/mol. The first-order valence-corrected chi connectivity index (χ1v) is 5.64. The molecule has 0 amide bonds. The molecule has 0 atom stereocenters. The molecule has 0 saturated carbocycles. The molecule has 0 saturated heterocycles. The van der Waals surface area contributed by atoms with Gasteiger partial charge in [-0.25, -0.2) is 14.8 Å². The summed E-state index contributed by atoms with van der Waals surface area (Å²) in [6, 6.07) is 1.57. The van der Waals surface area contributed by atoms with Gasteiger partial charge in [0.1, 0.15) is 5.82 Å². The number of hydrogen-bond donors (Lipinski definition) is 2. The second-order valence-corrected chi connectivity index (χ2v) is 4.52. The van der Waals surface area contributed by atoms with Crippen LogP contribution in [0.15, 0.2) is 12.3 Å². The molecule has 2 N–H and O–H groups in total. The number of nitrogens with zero attached hydrogens (tertiary/aromatic N) is 2. The molecule has 0 fully saturated rings. The number of carboxylic acids is 1. The van der Waals surface area contributed by atoms with Gasteiger partial charge < -0.3 is 10.1 Å². The van der Waals surface area contributed by atoms with Crippen LogP contribution in [0.4, 0.5) is 0 Å². The summed E-state index contributed by atoms with van der Waals surface area (Å²) in [5, 5.41) is 8.85. The fourth-order valence-electron chi connectivity index (χ4n) is 1.61. The zero-order valence-corrected chi connectivity index (χ0v) is 9.90. The molecule has 2 heterocycles. The number of aryl methyl sites for hydroxylation is 1. The van der Waals surface area contributed by atoms with Crippen molar-refractivity contribution < 1.29 is 9.90 Å². The molecule has 0 unspecified atom stereocenters. The van der Waals surface area contributed by atoms with Crippen molar-refractivity contribution in [3.05, 3.63) is 23.7 Å². The van der Waals surface area contributed by atoms with E-state index in [4.69, 9.17) is 5.11 Å². The lowest BCUT2D eigenvalue weighted by Gasteiger charge is -2.00. The summed E-state index contributed by atoms with van der Waals surface area (Å²) in [5.74, 6) is 0.507. The number of carbonyl (C=O) groups is 1. The molecule has 0 radical (unpaired) electrons. The molecule has 0 aliphatic rings. The Morgan fingerprint density at radius 3 is 2.94 bits per heavy atom. The Balaban J connectivity index is 2.27. The molecule has 0 aliphatic carbocycles. The van der Waals surface area contributed by atoms with Gasteiger partial charge in [0, 0.05) is 12.6 Å². The molecule has 0 aromatic carbocycles. The molecule has 0 aliphatic heterocycles. The van der Waals surface area contributed by atoms with Crippen molar-refractivity contribution in [3.8, 4) is 0 Å². The summed E-state index contributed by atoms with van der Waals surface area (Å²) in [5.41, 5.74) is 1.44. The van der Waals surface area contributed by atoms with Crippen molar-refractivity contribution in [2.45, 2.75) is 26.7 Å². The van der Waals surface area contributed by atoms with Gasteiger partial charge in [-0.1, -0.05) is 13.8 Å². The predicted molar refractivity (Wildman–Crippen MR) is 64.0 cm³/mol. The molecule has 5 nitrogen and oxygen atoms in total. The Morgan fingerprint density at radius 2 is 2.29 bits per heavy atom. The van der Waals surface area contributed by atoms with Crippen molar-refractivity contribution in [3.63, 3.8) is 0 Å². The van der Waals surface area contributed by atoms with Crippen LogP contribution in [0.25, 0.3) is 11.2 Å². The maximum atomic E-state index is 10.8. The van der Waals surface area contributed by atoms with E-state index in [0.717, 1.165) is 18.7 Å². The predicted octanol–water partition coefficient (Wildman–Crippen LogP) is 2.24. The topological polar surface area (TPSA) is 78.9 Å². The highest BCUT2D eigenvalue weighted by atomic mass is 16.4. The molecule has 0 spiro atoms. The number of aromatic amines is 1. The number of fused-ring (bicyclic) bond motifs is 1. The van der Waals surface area contributed by atoms with Crippen LogP contribution >= 0.6 is 0 Å². The van der Waals surface area contributed by atoms with E-state index in [2.05, 4.69) is 28.8 Å². The summed E-state index contributed by atoms with van der Waals surface area (Å²) < 4.78 is 0. The van der Waals surface area contributed by atoms with Crippen LogP contribution < -0.4 is 0 Å². The number of hydrogen-bond acceptors (Lipinski definition) is 3. The van der Waals surface area contributed by atoms with Crippen molar-refractivity contribution in [2.24, 2.45) is 5.92 Å². The zero-order chi connectivity index (χ0) is 12.4. The van der Waals surface area contributed by atoms with E-state index in [0.29, 0.717) is 17.1 Å². The van der Waals surface area contributed by atoms with Crippen LogP contribution in [0, 0.1) is 5.92 Å². The number of imidazole rings is 1. The van der Waals surface area contributed by atoms with Gasteiger partial charge in [0.25, 0.3) is 0 Å². The Morgan fingerprint density at radius 1 is 1.53 bits per heavy atom. The van der Waals surface area contributed by atoms with E-state index in [1.165, 1.54) is 6.20 Å². The van der Waals surface area contributed by atoms with Gasteiger partial charge in [-0.15, -0.1) is 0 Å². The third kappa shape index (κ3) is 2.61. The van der Waals surface area contributed by atoms with E-state index in [9.17, 15) is 4.79 Å². The fraction of sp³-hybridized carbons (Fsp3) is 0.417. The number of carboxylic acid groups (broad SMARTS) is 1. The van der Waals surface area contributed by atoms with E-state index in [-0.39, 0.29) is 5.56 Å². The fourth-order valence-corrected chi connectivity index (χ4v) is 1.61. The van der Waals surface area contributed by atoms with Crippen molar-refractivity contribution in [1.29, 1.82) is 0 Å². The summed E-state index contributed by atoms with van der Waals surface area (Å²) in [7, 11) is 0. The largest absolute Gasteiger partial charge is 0.478 e. The van der Waals surface area contributed by atoms with Gasteiger partial charge in [0.2, 0.25) is 0 Å². The second kappa shape index (κ2) is 4.53. The average molecular weight is 233 g/mol. The first-order chi connectivity index (χ1) is 8.06.